The molecule has 0 radical (unpaired) electrons. The molecule has 0 aliphatic carbocycles. The van der Waals surface area contributed by atoms with Crippen molar-refractivity contribution < 1.29 is 22.7 Å². The summed E-state index contributed by atoms with van der Waals surface area (Å²) in [5.41, 5.74) is 1.23. The monoisotopic (exact) mass is 374 g/mol. The van der Waals surface area contributed by atoms with Gasteiger partial charge in [-0.3, -0.25) is 4.79 Å². The molecular formula is C18H18N2O5S. The van der Waals surface area contributed by atoms with Crippen molar-refractivity contribution in [3.63, 3.8) is 0 Å². The lowest BCUT2D eigenvalue weighted by Gasteiger charge is -2.11. The Morgan fingerprint density at radius 3 is 2.50 bits per heavy atom. The van der Waals surface area contributed by atoms with Crippen molar-refractivity contribution in [2.45, 2.75) is 5.75 Å². The highest BCUT2D eigenvalue weighted by Crippen LogP contribution is 2.29. The van der Waals surface area contributed by atoms with Crippen LogP contribution in [0, 0.1) is 11.3 Å². The first-order chi connectivity index (χ1) is 12.4. The highest BCUT2D eigenvalue weighted by atomic mass is 32.2. The van der Waals surface area contributed by atoms with E-state index in [1.165, 1.54) is 20.3 Å². The predicted molar refractivity (Wildman–Crippen MR) is 96.8 cm³/mol. The molecule has 2 rings (SSSR count). The fourth-order valence-corrected chi connectivity index (χ4v) is 3.61. The lowest BCUT2D eigenvalue weighted by atomic mass is 10.2. The smallest absolute Gasteiger partial charge is 0.239 e. The van der Waals surface area contributed by atoms with Crippen LogP contribution in [0.25, 0.3) is 0 Å². The van der Waals surface area contributed by atoms with Crippen LogP contribution in [0.5, 0.6) is 11.5 Å². The molecular weight excluding hydrogens is 356 g/mol. The van der Waals surface area contributed by atoms with Crippen LogP contribution < -0.4 is 14.8 Å². The first kappa shape index (κ1) is 19.3. The van der Waals surface area contributed by atoms with Crippen molar-refractivity contribution in [3.8, 4) is 17.6 Å². The maximum absolute atomic E-state index is 12.2. The molecule has 0 spiro atoms. The highest BCUT2D eigenvalue weighted by molar-refractivity contribution is 7.91. The standard InChI is InChI=1S/C18H18N2O5S/c1-24-16-7-6-15(9-17(16)25-2)20-18(21)12-26(22,23)11-14-5-3-4-13(8-14)10-19/h3-9H,11-12H2,1-2H3,(H,20,21). The molecule has 0 heterocycles. The van der Waals surface area contributed by atoms with Gasteiger partial charge in [-0.15, -0.1) is 0 Å². The molecule has 0 saturated carbocycles. The van der Waals surface area contributed by atoms with E-state index in [-0.39, 0.29) is 5.75 Å². The molecule has 0 unspecified atom stereocenters. The van der Waals surface area contributed by atoms with Gasteiger partial charge in [-0.1, -0.05) is 12.1 Å². The summed E-state index contributed by atoms with van der Waals surface area (Å²) in [4.78, 5) is 12.1. The summed E-state index contributed by atoms with van der Waals surface area (Å²) in [5, 5.41) is 11.4. The number of carbonyl (C=O) groups is 1. The van der Waals surface area contributed by atoms with Crippen LogP contribution in [0.4, 0.5) is 5.69 Å². The minimum atomic E-state index is -3.68. The summed E-state index contributed by atoms with van der Waals surface area (Å²) < 4.78 is 34.7. The van der Waals surface area contributed by atoms with Gasteiger partial charge in [-0.05, 0) is 29.8 Å². The summed E-state index contributed by atoms with van der Waals surface area (Å²) in [6.45, 7) is 0. The Morgan fingerprint density at radius 1 is 1.12 bits per heavy atom. The Labute approximate surface area is 152 Å². The molecule has 7 nitrogen and oxygen atoms in total. The van der Waals surface area contributed by atoms with Gasteiger partial charge < -0.3 is 14.8 Å². The zero-order valence-electron chi connectivity index (χ0n) is 14.4. The van der Waals surface area contributed by atoms with Crippen molar-refractivity contribution in [1.29, 1.82) is 5.26 Å². The number of hydrogen-bond donors (Lipinski definition) is 1. The average molecular weight is 374 g/mol. The van der Waals surface area contributed by atoms with Crippen LogP contribution in [-0.4, -0.2) is 34.3 Å². The van der Waals surface area contributed by atoms with E-state index in [1.807, 2.05) is 6.07 Å². The summed E-state index contributed by atoms with van der Waals surface area (Å²) in [5.74, 6) is -0.731. The van der Waals surface area contributed by atoms with E-state index in [4.69, 9.17) is 14.7 Å². The topological polar surface area (TPSA) is 105 Å². The van der Waals surface area contributed by atoms with E-state index in [0.717, 1.165) is 0 Å². The normalized spacial score (nSPS) is 10.7. The maximum atomic E-state index is 12.2. The SMILES string of the molecule is COc1ccc(NC(=O)CS(=O)(=O)Cc2cccc(C#N)c2)cc1OC. The third-order valence-corrected chi connectivity index (χ3v) is 4.94. The molecule has 2 aromatic rings. The molecule has 0 aromatic heterocycles. The minimum Gasteiger partial charge on any atom is -0.493 e. The average Bonchev–Trinajstić information content (AvgIpc) is 2.60. The van der Waals surface area contributed by atoms with E-state index in [1.54, 1.807) is 36.4 Å². The number of rotatable bonds is 7. The van der Waals surface area contributed by atoms with Gasteiger partial charge in [0, 0.05) is 11.8 Å². The van der Waals surface area contributed by atoms with Gasteiger partial charge in [-0.2, -0.15) is 5.26 Å². The number of sulfone groups is 1. The van der Waals surface area contributed by atoms with E-state index < -0.39 is 21.5 Å². The number of carbonyl (C=O) groups excluding carboxylic acids is 1. The summed E-state index contributed by atoms with van der Waals surface area (Å²) in [6, 6.07) is 13.0. The van der Waals surface area contributed by atoms with Crippen molar-refractivity contribution in [2.75, 3.05) is 25.3 Å². The summed E-state index contributed by atoms with van der Waals surface area (Å²) in [7, 11) is -0.733. The first-order valence-electron chi connectivity index (χ1n) is 7.58. The molecule has 2 aromatic carbocycles. The van der Waals surface area contributed by atoms with Crippen molar-refractivity contribution in [1.82, 2.24) is 0 Å². The maximum Gasteiger partial charge on any atom is 0.239 e. The number of ether oxygens (including phenoxy) is 2. The Kier molecular flexibility index (Phi) is 6.20. The Hall–Kier alpha value is -3.05. The van der Waals surface area contributed by atoms with Gasteiger partial charge in [0.15, 0.2) is 21.3 Å². The fraction of sp³-hybridized carbons (Fsp3) is 0.222. The second kappa shape index (κ2) is 8.36. The molecule has 0 bridgehead atoms. The van der Waals surface area contributed by atoms with Gasteiger partial charge in [0.1, 0.15) is 5.75 Å². The number of methoxy groups -OCH3 is 2. The molecule has 0 aliphatic heterocycles. The van der Waals surface area contributed by atoms with Gasteiger partial charge in [0.2, 0.25) is 5.91 Å². The third-order valence-electron chi connectivity index (χ3n) is 3.46. The number of nitrogens with zero attached hydrogens (tertiary/aromatic N) is 1. The summed E-state index contributed by atoms with van der Waals surface area (Å²) in [6.07, 6.45) is 0. The van der Waals surface area contributed by atoms with Crippen LogP contribution in [0.1, 0.15) is 11.1 Å². The van der Waals surface area contributed by atoms with E-state index in [0.29, 0.717) is 28.3 Å². The molecule has 0 aliphatic rings. The number of amides is 1. The van der Waals surface area contributed by atoms with Crippen molar-refractivity contribution in [3.05, 3.63) is 53.6 Å². The number of benzene rings is 2. The van der Waals surface area contributed by atoms with E-state index >= 15 is 0 Å². The second-order valence-corrected chi connectivity index (χ2v) is 7.53. The lowest BCUT2D eigenvalue weighted by molar-refractivity contribution is -0.113. The zero-order valence-corrected chi connectivity index (χ0v) is 15.2. The Morgan fingerprint density at radius 2 is 1.85 bits per heavy atom. The van der Waals surface area contributed by atoms with E-state index in [2.05, 4.69) is 5.32 Å². The molecule has 0 atom stereocenters. The van der Waals surface area contributed by atoms with Crippen molar-refractivity contribution in [2.24, 2.45) is 0 Å². The van der Waals surface area contributed by atoms with Crippen LogP contribution in [0.15, 0.2) is 42.5 Å². The third kappa shape index (κ3) is 5.22. The van der Waals surface area contributed by atoms with Crippen LogP contribution in [-0.2, 0) is 20.4 Å². The molecule has 26 heavy (non-hydrogen) atoms. The molecule has 0 fully saturated rings. The Bertz CT molecular complexity index is 948. The molecule has 0 saturated heterocycles. The molecule has 8 heteroatoms. The van der Waals surface area contributed by atoms with Crippen LogP contribution >= 0.6 is 0 Å². The van der Waals surface area contributed by atoms with Gasteiger partial charge >= 0.3 is 0 Å². The van der Waals surface area contributed by atoms with Crippen molar-refractivity contribution >= 4 is 21.4 Å². The van der Waals surface area contributed by atoms with Crippen LogP contribution in [0.3, 0.4) is 0 Å². The number of anilines is 1. The Balaban J connectivity index is 2.05. The summed E-state index contributed by atoms with van der Waals surface area (Å²) >= 11 is 0. The molecule has 1 amide bonds. The highest BCUT2D eigenvalue weighted by Gasteiger charge is 2.18. The minimum absolute atomic E-state index is 0.318. The van der Waals surface area contributed by atoms with Gasteiger partial charge in [0.05, 0.1) is 31.6 Å². The number of hydrogen-bond acceptors (Lipinski definition) is 6. The quantitative estimate of drug-likeness (QED) is 0.796. The molecule has 1 N–H and O–H groups in total. The fourth-order valence-electron chi connectivity index (χ4n) is 2.35. The van der Waals surface area contributed by atoms with Crippen LogP contribution in [0.2, 0.25) is 0 Å². The zero-order chi connectivity index (χ0) is 19.2. The predicted octanol–water partition coefficient (Wildman–Crippen LogP) is 2.13. The number of nitrogens with one attached hydrogen (secondary N) is 1. The molecule has 136 valence electrons. The first-order valence-corrected chi connectivity index (χ1v) is 9.40. The van der Waals surface area contributed by atoms with Gasteiger partial charge in [0.25, 0.3) is 0 Å². The largest absolute Gasteiger partial charge is 0.493 e. The van der Waals surface area contributed by atoms with Gasteiger partial charge in [-0.25, -0.2) is 8.42 Å². The van der Waals surface area contributed by atoms with E-state index in [9.17, 15) is 13.2 Å². The second-order valence-electron chi connectivity index (χ2n) is 5.46. The lowest BCUT2D eigenvalue weighted by Crippen LogP contribution is -2.24. The number of nitriles is 1.